The predicted molar refractivity (Wildman–Crippen MR) is 104 cm³/mol. The Morgan fingerprint density at radius 1 is 1.17 bits per heavy atom. The second-order valence-corrected chi connectivity index (χ2v) is 6.51. The highest BCUT2D eigenvalue weighted by Crippen LogP contribution is 2.30. The molecule has 0 fully saturated rings. The van der Waals surface area contributed by atoms with Crippen molar-refractivity contribution in [3.05, 3.63) is 58.7 Å². The summed E-state index contributed by atoms with van der Waals surface area (Å²) in [6.45, 7) is 7.33. The molecular formula is C20H25ClN2O. The number of halogens is 1. The van der Waals surface area contributed by atoms with Gasteiger partial charge in [-0.05, 0) is 54.5 Å². The van der Waals surface area contributed by atoms with Crippen molar-refractivity contribution in [1.82, 2.24) is 0 Å². The first-order valence-corrected chi connectivity index (χ1v) is 8.34. The smallest absolute Gasteiger partial charge is 0.256 e. The summed E-state index contributed by atoms with van der Waals surface area (Å²) in [7, 11) is 0. The minimum absolute atomic E-state index is 0. The fourth-order valence-corrected chi connectivity index (χ4v) is 3.25. The molecule has 1 aliphatic rings. The van der Waals surface area contributed by atoms with Crippen LogP contribution < -0.4 is 10.6 Å². The van der Waals surface area contributed by atoms with E-state index in [-0.39, 0.29) is 18.3 Å². The topological polar surface area (TPSA) is 41.1 Å². The van der Waals surface area contributed by atoms with Gasteiger partial charge in [-0.3, -0.25) is 4.79 Å². The van der Waals surface area contributed by atoms with E-state index in [1.807, 2.05) is 25.1 Å². The third kappa shape index (κ3) is 3.57. The highest BCUT2D eigenvalue weighted by atomic mass is 35.5. The van der Waals surface area contributed by atoms with Gasteiger partial charge < -0.3 is 10.6 Å². The summed E-state index contributed by atoms with van der Waals surface area (Å²) in [5, 5.41) is 6.54. The van der Waals surface area contributed by atoms with Crippen LogP contribution in [0.15, 0.2) is 36.4 Å². The van der Waals surface area contributed by atoms with Gasteiger partial charge in [-0.1, -0.05) is 38.1 Å². The molecule has 0 saturated carbocycles. The Morgan fingerprint density at radius 2 is 1.92 bits per heavy atom. The van der Waals surface area contributed by atoms with Gasteiger partial charge in [0.15, 0.2) is 0 Å². The number of carbonyl (C=O) groups excluding carboxylic acids is 1. The molecule has 0 saturated heterocycles. The lowest BCUT2D eigenvalue weighted by atomic mass is 9.95. The first-order chi connectivity index (χ1) is 11.1. The molecular weight excluding hydrogens is 320 g/mol. The van der Waals surface area contributed by atoms with Crippen molar-refractivity contribution in [1.29, 1.82) is 0 Å². The van der Waals surface area contributed by atoms with Crippen LogP contribution in [0.2, 0.25) is 0 Å². The summed E-state index contributed by atoms with van der Waals surface area (Å²) < 4.78 is 0. The Labute approximate surface area is 150 Å². The average Bonchev–Trinajstić information content (AvgIpc) is 2.55. The van der Waals surface area contributed by atoms with Gasteiger partial charge >= 0.3 is 0 Å². The Hall–Kier alpha value is -2.00. The standard InChI is InChI=1S/C20H24N2O.ClH/c1-13(2)15-8-4-7-14(3)19(15)22-20(23)17-9-5-11-18-16(17)10-6-12-21-18;/h4-5,7-9,11,13,21H,6,10,12H2,1-3H3,(H,22,23);1H. The lowest BCUT2D eigenvalue weighted by molar-refractivity contribution is 0.102. The minimum Gasteiger partial charge on any atom is -0.385 e. The third-order valence-corrected chi connectivity index (χ3v) is 4.51. The Morgan fingerprint density at radius 3 is 2.67 bits per heavy atom. The first kappa shape index (κ1) is 18.3. The van der Waals surface area contributed by atoms with Gasteiger partial charge in [-0.15, -0.1) is 12.4 Å². The quantitative estimate of drug-likeness (QED) is 0.808. The van der Waals surface area contributed by atoms with Crippen LogP contribution in [0.3, 0.4) is 0 Å². The number of aryl methyl sites for hydroxylation is 1. The van der Waals surface area contributed by atoms with Gasteiger partial charge in [-0.2, -0.15) is 0 Å². The normalized spacial score (nSPS) is 12.8. The molecule has 2 aromatic rings. The molecule has 2 aromatic carbocycles. The fraction of sp³-hybridized carbons (Fsp3) is 0.350. The van der Waals surface area contributed by atoms with Crippen molar-refractivity contribution in [2.24, 2.45) is 0 Å². The Bertz CT molecular complexity index is 740. The van der Waals surface area contributed by atoms with Gasteiger partial charge in [-0.25, -0.2) is 0 Å². The highest BCUT2D eigenvalue weighted by Gasteiger charge is 2.19. The van der Waals surface area contributed by atoms with Crippen LogP contribution in [0.5, 0.6) is 0 Å². The molecule has 0 atom stereocenters. The van der Waals surface area contributed by atoms with Gasteiger partial charge in [0.2, 0.25) is 0 Å². The van der Waals surface area contributed by atoms with Crippen LogP contribution in [0.25, 0.3) is 0 Å². The van der Waals surface area contributed by atoms with Crippen molar-refractivity contribution in [3.63, 3.8) is 0 Å². The maximum absolute atomic E-state index is 12.9. The van der Waals surface area contributed by atoms with E-state index in [0.29, 0.717) is 5.92 Å². The zero-order valence-electron chi connectivity index (χ0n) is 14.5. The molecule has 24 heavy (non-hydrogen) atoms. The number of rotatable bonds is 3. The van der Waals surface area contributed by atoms with Gasteiger partial charge in [0.05, 0.1) is 0 Å². The van der Waals surface area contributed by atoms with E-state index in [2.05, 4.69) is 42.7 Å². The van der Waals surface area contributed by atoms with E-state index in [0.717, 1.165) is 47.5 Å². The molecule has 1 amide bonds. The van der Waals surface area contributed by atoms with Gasteiger partial charge in [0, 0.05) is 23.5 Å². The van der Waals surface area contributed by atoms with E-state index in [1.165, 1.54) is 5.56 Å². The van der Waals surface area contributed by atoms with Crippen molar-refractivity contribution in [3.8, 4) is 0 Å². The van der Waals surface area contributed by atoms with Crippen LogP contribution in [0, 0.1) is 6.92 Å². The molecule has 3 nitrogen and oxygen atoms in total. The van der Waals surface area contributed by atoms with Crippen LogP contribution in [0.4, 0.5) is 11.4 Å². The minimum atomic E-state index is -0.0123. The van der Waals surface area contributed by atoms with E-state index in [9.17, 15) is 4.79 Å². The summed E-state index contributed by atoms with van der Waals surface area (Å²) in [4.78, 5) is 12.9. The highest BCUT2D eigenvalue weighted by molar-refractivity contribution is 6.07. The summed E-state index contributed by atoms with van der Waals surface area (Å²) in [6, 6.07) is 12.1. The zero-order valence-corrected chi connectivity index (χ0v) is 15.3. The van der Waals surface area contributed by atoms with Crippen LogP contribution in [-0.2, 0) is 6.42 Å². The molecule has 0 aliphatic carbocycles. The Kier molecular flexibility index (Phi) is 5.89. The lowest BCUT2D eigenvalue weighted by Gasteiger charge is -2.22. The fourth-order valence-electron chi connectivity index (χ4n) is 3.25. The molecule has 0 radical (unpaired) electrons. The molecule has 3 rings (SSSR count). The average molecular weight is 345 g/mol. The second kappa shape index (κ2) is 7.71. The second-order valence-electron chi connectivity index (χ2n) is 6.51. The van der Waals surface area contributed by atoms with E-state index >= 15 is 0 Å². The molecule has 0 bridgehead atoms. The molecule has 2 N–H and O–H groups in total. The predicted octanol–water partition coefficient (Wildman–Crippen LogP) is 5.15. The maximum atomic E-state index is 12.9. The van der Waals surface area contributed by atoms with Crippen LogP contribution in [0.1, 0.15) is 53.2 Å². The van der Waals surface area contributed by atoms with Crippen molar-refractivity contribution in [2.45, 2.75) is 39.5 Å². The van der Waals surface area contributed by atoms with Crippen molar-refractivity contribution < 1.29 is 4.79 Å². The number of anilines is 2. The summed E-state index contributed by atoms with van der Waals surface area (Å²) >= 11 is 0. The Balaban J connectivity index is 0.00000208. The summed E-state index contributed by atoms with van der Waals surface area (Å²) in [5.74, 6) is 0.360. The number of benzene rings is 2. The lowest BCUT2D eigenvalue weighted by Crippen LogP contribution is -2.20. The SMILES string of the molecule is Cc1cccc(C(C)C)c1NC(=O)c1cccc2c1CCCN2.Cl. The number of nitrogens with one attached hydrogen (secondary N) is 2. The molecule has 0 unspecified atom stereocenters. The molecule has 1 aliphatic heterocycles. The van der Waals surface area contributed by atoms with E-state index < -0.39 is 0 Å². The maximum Gasteiger partial charge on any atom is 0.256 e. The van der Waals surface area contributed by atoms with Crippen molar-refractivity contribution >= 4 is 29.7 Å². The van der Waals surface area contributed by atoms with Gasteiger partial charge in [0.25, 0.3) is 5.91 Å². The number of fused-ring (bicyclic) bond motifs is 1. The van der Waals surface area contributed by atoms with Crippen LogP contribution >= 0.6 is 12.4 Å². The zero-order chi connectivity index (χ0) is 16.4. The molecule has 128 valence electrons. The van der Waals surface area contributed by atoms with E-state index in [1.54, 1.807) is 0 Å². The number of para-hydroxylation sites is 1. The molecule has 0 aromatic heterocycles. The van der Waals surface area contributed by atoms with Crippen LogP contribution in [-0.4, -0.2) is 12.5 Å². The summed E-state index contributed by atoms with van der Waals surface area (Å²) in [6.07, 6.45) is 2.02. The number of hydrogen-bond donors (Lipinski definition) is 2. The molecule has 4 heteroatoms. The monoisotopic (exact) mass is 344 g/mol. The number of amides is 1. The molecule has 1 heterocycles. The number of hydrogen-bond acceptors (Lipinski definition) is 2. The largest absolute Gasteiger partial charge is 0.385 e. The van der Waals surface area contributed by atoms with Crippen molar-refractivity contribution in [2.75, 3.05) is 17.2 Å². The van der Waals surface area contributed by atoms with Gasteiger partial charge in [0.1, 0.15) is 0 Å². The molecule has 0 spiro atoms. The first-order valence-electron chi connectivity index (χ1n) is 8.34. The third-order valence-electron chi connectivity index (χ3n) is 4.51. The van der Waals surface area contributed by atoms with E-state index in [4.69, 9.17) is 0 Å². The summed E-state index contributed by atoms with van der Waals surface area (Å²) in [5.41, 5.74) is 6.25. The number of carbonyl (C=O) groups is 1.